The van der Waals surface area contributed by atoms with E-state index in [1.165, 1.54) is 0 Å². The Balaban J connectivity index is 1.42. The molecule has 6 heteroatoms. The van der Waals surface area contributed by atoms with Crippen LogP contribution in [-0.4, -0.2) is 32.4 Å². The third kappa shape index (κ3) is 6.38. The summed E-state index contributed by atoms with van der Waals surface area (Å²) < 4.78 is 16.8. The maximum atomic E-state index is 12.0. The molecule has 3 aromatic rings. The normalized spacial score (nSPS) is 10.6. The molecule has 1 amide bonds. The molecule has 0 aliphatic heterocycles. The quantitative estimate of drug-likeness (QED) is 0.311. The van der Waals surface area contributed by atoms with Gasteiger partial charge in [0, 0.05) is 12.0 Å². The van der Waals surface area contributed by atoms with Gasteiger partial charge in [-0.1, -0.05) is 42.5 Å². The lowest BCUT2D eigenvalue weighted by Crippen LogP contribution is -2.17. The van der Waals surface area contributed by atoms with Crippen molar-refractivity contribution >= 4 is 12.1 Å². The molecule has 3 aromatic carbocycles. The standard InChI is InChI=1S/C24H24N2O4/c1-28-22-13-5-6-14-23(22)30-16-8-15-29-21-12-7-9-19(17-21)18-25-26-24(27)20-10-3-2-4-11-20/h2-7,9-14,17-18H,8,15-16H2,1H3,(H,26,27)/b25-18-. The Labute approximate surface area is 176 Å². The second kappa shape index (κ2) is 11.3. The highest BCUT2D eigenvalue weighted by Crippen LogP contribution is 2.25. The summed E-state index contributed by atoms with van der Waals surface area (Å²) in [6, 6.07) is 24.0. The molecular formula is C24H24N2O4. The van der Waals surface area contributed by atoms with Gasteiger partial charge in [-0.25, -0.2) is 5.43 Å². The monoisotopic (exact) mass is 404 g/mol. The van der Waals surface area contributed by atoms with Crippen LogP contribution >= 0.6 is 0 Å². The summed E-state index contributed by atoms with van der Waals surface area (Å²) in [5, 5.41) is 4.01. The number of carbonyl (C=O) groups is 1. The zero-order valence-electron chi connectivity index (χ0n) is 16.8. The molecule has 6 nitrogen and oxygen atoms in total. The molecule has 0 heterocycles. The van der Waals surface area contributed by atoms with E-state index in [4.69, 9.17) is 14.2 Å². The molecule has 0 aliphatic rings. The van der Waals surface area contributed by atoms with E-state index in [1.54, 1.807) is 37.6 Å². The van der Waals surface area contributed by atoms with E-state index in [9.17, 15) is 4.79 Å². The van der Waals surface area contributed by atoms with Gasteiger partial charge in [-0.2, -0.15) is 5.10 Å². The molecule has 0 saturated heterocycles. The Morgan fingerprint density at radius 2 is 1.63 bits per heavy atom. The van der Waals surface area contributed by atoms with Crippen LogP contribution in [0.1, 0.15) is 22.3 Å². The van der Waals surface area contributed by atoms with Crippen LogP contribution in [0, 0.1) is 0 Å². The SMILES string of the molecule is COc1ccccc1OCCCOc1cccc(/C=N\NC(=O)c2ccccc2)c1. The lowest BCUT2D eigenvalue weighted by atomic mass is 10.2. The molecule has 0 aromatic heterocycles. The van der Waals surface area contributed by atoms with Crippen LogP contribution in [0.3, 0.4) is 0 Å². The van der Waals surface area contributed by atoms with E-state index < -0.39 is 0 Å². The maximum Gasteiger partial charge on any atom is 0.271 e. The van der Waals surface area contributed by atoms with Gasteiger partial charge in [0.15, 0.2) is 11.5 Å². The molecule has 1 N–H and O–H groups in total. The van der Waals surface area contributed by atoms with Gasteiger partial charge in [0.05, 0.1) is 26.5 Å². The smallest absolute Gasteiger partial charge is 0.271 e. The molecule has 3 rings (SSSR count). The summed E-state index contributed by atoms with van der Waals surface area (Å²) in [7, 11) is 1.62. The van der Waals surface area contributed by atoms with Crippen LogP contribution < -0.4 is 19.6 Å². The Hall–Kier alpha value is -3.80. The van der Waals surface area contributed by atoms with Gasteiger partial charge in [0.2, 0.25) is 0 Å². The number of carbonyl (C=O) groups excluding carboxylic acids is 1. The zero-order valence-corrected chi connectivity index (χ0v) is 16.8. The van der Waals surface area contributed by atoms with Gasteiger partial charge in [-0.05, 0) is 42.0 Å². The molecule has 154 valence electrons. The number of benzene rings is 3. The molecule has 0 atom stereocenters. The number of nitrogens with zero attached hydrogens (tertiary/aromatic N) is 1. The number of hydrogen-bond acceptors (Lipinski definition) is 5. The first kappa shape index (κ1) is 20.9. The summed E-state index contributed by atoms with van der Waals surface area (Å²) in [4.78, 5) is 12.0. The van der Waals surface area contributed by atoms with Gasteiger partial charge in [-0.15, -0.1) is 0 Å². The van der Waals surface area contributed by atoms with E-state index in [2.05, 4.69) is 10.5 Å². The molecule has 0 fully saturated rings. The Bertz CT molecular complexity index is 974. The van der Waals surface area contributed by atoms with Crippen molar-refractivity contribution in [3.8, 4) is 17.2 Å². The summed E-state index contributed by atoms with van der Waals surface area (Å²) in [5.74, 6) is 1.90. The molecule has 0 aliphatic carbocycles. The lowest BCUT2D eigenvalue weighted by Gasteiger charge is -2.11. The van der Waals surface area contributed by atoms with Gasteiger partial charge in [0.25, 0.3) is 5.91 Å². The first-order valence-electron chi connectivity index (χ1n) is 9.63. The molecule has 0 saturated carbocycles. The van der Waals surface area contributed by atoms with Crippen LogP contribution in [0.15, 0.2) is 84.0 Å². The molecule has 0 spiro atoms. The highest BCUT2D eigenvalue weighted by Gasteiger charge is 2.03. The first-order chi connectivity index (χ1) is 14.8. The minimum atomic E-state index is -0.255. The Kier molecular flexibility index (Phi) is 7.85. The van der Waals surface area contributed by atoms with Crippen LogP contribution in [0.25, 0.3) is 0 Å². The maximum absolute atomic E-state index is 12.0. The van der Waals surface area contributed by atoms with Gasteiger partial charge < -0.3 is 14.2 Å². The van der Waals surface area contributed by atoms with E-state index in [0.717, 1.165) is 23.5 Å². The van der Waals surface area contributed by atoms with Crippen LogP contribution in [0.4, 0.5) is 0 Å². The fourth-order valence-electron chi connectivity index (χ4n) is 2.67. The summed E-state index contributed by atoms with van der Waals surface area (Å²) in [6.45, 7) is 1.04. The number of hydrazone groups is 1. The average molecular weight is 404 g/mol. The van der Waals surface area contributed by atoms with Gasteiger partial charge in [0.1, 0.15) is 5.75 Å². The zero-order chi connectivity index (χ0) is 21.0. The second-order valence-electron chi connectivity index (χ2n) is 6.34. The number of amides is 1. The van der Waals surface area contributed by atoms with E-state index in [1.807, 2.05) is 54.6 Å². The summed E-state index contributed by atoms with van der Waals surface area (Å²) in [6.07, 6.45) is 2.31. The van der Waals surface area contributed by atoms with Crippen LogP contribution in [0.2, 0.25) is 0 Å². The minimum Gasteiger partial charge on any atom is -0.493 e. The van der Waals surface area contributed by atoms with Crippen LogP contribution in [-0.2, 0) is 0 Å². The number of hydrogen-bond donors (Lipinski definition) is 1. The topological polar surface area (TPSA) is 69.2 Å². The van der Waals surface area contributed by atoms with Gasteiger partial charge in [-0.3, -0.25) is 4.79 Å². The van der Waals surface area contributed by atoms with E-state index in [-0.39, 0.29) is 5.91 Å². The largest absolute Gasteiger partial charge is 0.493 e. The van der Waals surface area contributed by atoms with E-state index in [0.29, 0.717) is 24.5 Å². The van der Waals surface area contributed by atoms with Crippen LogP contribution in [0.5, 0.6) is 17.2 Å². The average Bonchev–Trinajstić information content (AvgIpc) is 2.80. The molecule has 30 heavy (non-hydrogen) atoms. The van der Waals surface area contributed by atoms with Crippen molar-refractivity contribution in [2.75, 3.05) is 20.3 Å². The predicted molar refractivity (Wildman–Crippen MR) is 117 cm³/mol. The number of ether oxygens (including phenoxy) is 3. The number of methoxy groups -OCH3 is 1. The van der Waals surface area contributed by atoms with Crippen molar-refractivity contribution in [3.05, 3.63) is 90.0 Å². The first-order valence-corrected chi connectivity index (χ1v) is 9.63. The second-order valence-corrected chi connectivity index (χ2v) is 6.34. The summed E-state index contributed by atoms with van der Waals surface area (Å²) >= 11 is 0. The highest BCUT2D eigenvalue weighted by molar-refractivity contribution is 5.94. The van der Waals surface area contributed by atoms with Crippen molar-refractivity contribution in [2.24, 2.45) is 5.10 Å². The van der Waals surface area contributed by atoms with Crippen molar-refractivity contribution in [1.82, 2.24) is 5.43 Å². The third-order valence-electron chi connectivity index (χ3n) is 4.16. The Morgan fingerprint density at radius 3 is 2.43 bits per heavy atom. The molecular weight excluding hydrogens is 380 g/mol. The molecule has 0 radical (unpaired) electrons. The van der Waals surface area contributed by atoms with Crippen molar-refractivity contribution < 1.29 is 19.0 Å². The lowest BCUT2D eigenvalue weighted by molar-refractivity contribution is 0.0955. The van der Waals surface area contributed by atoms with Crippen molar-refractivity contribution in [2.45, 2.75) is 6.42 Å². The number of rotatable bonds is 10. The van der Waals surface area contributed by atoms with Crippen molar-refractivity contribution in [1.29, 1.82) is 0 Å². The van der Waals surface area contributed by atoms with Gasteiger partial charge >= 0.3 is 0 Å². The number of nitrogens with one attached hydrogen (secondary N) is 1. The summed E-state index contributed by atoms with van der Waals surface area (Å²) in [5.41, 5.74) is 3.90. The third-order valence-corrected chi connectivity index (χ3v) is 4.16. The minimum absolute atomic E-state index is 0.255. The molecule has 0 bridgehead atoms. The fourth-order valence-corrected chi connectivity index (χ4v) is 2.67. The van der Waals surface area contributed by atoms with Crippen molar-refractivity contribution in [3.63, 3.8) is 0 Å². The highest BCUT2D eigenvalue weighted by atomic mass is 16.5. The number of para-hydroxylation sites is 2. The predicted octanol–water partition coefficient (Wildman–Crippen LogP) is 4.31. The fraction of sp³-hybridized carbons (Fsp3) is 0.167. The molecule has 0 unspecified atom stereocenters. The van der Waals surface area contributed by atoms with E-state index >= 15 is 0 Å². The Morgan fingerprint density at radius 1 is 0.900 bits per heavy atom.